The molecule has 2 amide bonds. The number of hydrogen-bond donors (Lipinski definition) is 1. The SMILES string of the molecule is COc1ccc(N2C(=O)C[n+]3ccccc3C2C(=O)Nc2c(C)cccc2C)c(OC)c1.[I-]. The Hall–Kier alpha value is -3.14. The van der Waals surface area contributed by atoms with Crippen LogP contribution in [-0.2, 0) is 16.1 Å². The van der Waals surface area contributed by atoms with E-state index in [9.17, 15) is 9.59 Å². The van der Waals surface area contributed by atoms with E-state index in [0.29, 0.717) is 22.9 Å². The van der Waals surface area contributed by atoms with E-state index in [0.717, 1.165) is 16.8 Å². The maximum absolute atomic E-state index is 13.7. The average Bonchev–Trinajstić information content (AvgIpc) is 2.80. The zero-order chi connectivity index (χ0) is 22.8. The number of pyridine rings is 1. The Balaban J connectivity index is 0.00000306. The van der Waals surface area contributed by atoms with Crippen molar-refractivity contribution in [3.8, 4) is 11.5 Å². The monoisotopic (exact) mass is 559 g/mol. The van der Waals surface area contributed by atoms with Gasteiger partial charge < -0.3 is 38.8 Å². The van der Waals surface area contributed by atoms with Gasteiger partial charge in [0.25, 0.3) is 11.8 Å². The van der Waals surface area contributed by atoms with Gasteiger partial charge >= 0.3 is 0 Å². The Labute approximate surface area is 210 Å². The number of halogens is 1. The molecule has 0 spiro atoms. The molecule has 172 valence electrons. The molecule has 0 radical (unpaired) electrons. The van der Waals surface area contributed by atoms with Gasteiger partial charge in [-0.3, -0.25) is 14.5 Å². The highest BCUT2D eigenvalue weighted by Crippen LogP contribution is 2.38. The van der Waals surface area contributed by atoms with Crippen molar-refractivity contribution in [2.75, 3.05) is 24.4 Å². The van der Waals surface area contributed by atoms with Crippen LogP contribution in [0.3, 0.4) is 0 Å². The number of rotatable bonds is 5. The minimum absolute atomic E-state index is 0. The molecule has 0 saturated carbocycles. The second kappa shape index (κ2) is 10.2. The first-order valence-electron chi connectivity index (χ1n) is 10.3. The van der Waals surface area contributed by atoms with Gasteiger partial charge in [0.1, 0.15) is 11.5 Å². The van der Waals surface area contributed by atoms with Gasteiger partial charge in [-0.1, -0.05) is 24.3 Å². The third-order valence-electron chi connectivity index (χ3n) is 5.71. The van der Waals surface area contributed by atoms with E-state index >= 15 is 0 Å². The first kappa shape index (κ1) is 24.5. The van der Waals surface area contributed by atoms with Gasteiger partial charge in [-0.15, -0.1) is 0 Å². The molecule has 1 aliphatic rings. The van der Waals surface area contributed by atoms with E-state index in [-0.39, 0.29) is 42.3 Å². The maximum Gasteiger partial charge on any atom is 0.294 e. The number of ether oxygens (including phenoxy) is 2. The number of aryl methyl sites for hydroxylation is 2. The molecule has 1 unspecified atom stereocenters. The quantitative estimate of drug-likeness (QED) is 0.362. The smallest absolute Gasteiger partial charge is 0.294 e. The van der Waals surface area contributed by atoms with Crippen molar-refractivity contribution in [1.29, 1.82) is 0 Å². The van der Waals surface area contributed by atoms with Crippen LogP contribution >= 0.6 is 0 Å². The average molecular weight is 559 g/mol. The summed E-state index contributed by atoms with van der Waals surface area (Å²) in [5.41, 5.74) is 3.88. The molecule has 33 heavy (non-hydrogen) atoms. The van der Waals surface area contributed by atoms with Crippen LogP contribution in [0, 0.1) is 13.8 Å². The van der Waals surface area contributed by atoms with E-state index in [1.165, 1.54) is 12.0 Å². The minimum atomic E-state index is -0.876. The summed E-state index contributed by atoms with van der Waals surface area (Å²) in [5.74, 6) is 0.542. The fourth-order valence-corrected chi connectivity index (χ4v) is 4.09. The molecule has 0 saturated heterocycles. The molecule has 7 nitrogen and oxygen atoms in total. The standard InChI is InChI=1S/C25H25N3O4.HI/c1-16-8-7-9-17(2)23(16)26-25(30)24-20-10-5-6-13-27(20)15-22(29)28(24)19-12-11-18(31-3)14-21(19)32-4;/h5-14,24H,15H2,1-4H3;1H. The summed E-state index contributed by atoms with van der Waals surface area (Å²) in [6, 6.07) is 15.7. The van der Waals surface area contributed by atoms with Crippen molar-refractivity contribution in [1.82, 2.24) is 0 Å². The van der Waals surface area contributed by atoms with Gasteiger partial charge in [0.15, 0.2) is 6.20 Å². The van der Waals surface area contributed by atoms with E-state index in [1.807, 2.05) is 61.0 Å². The fraction of sp³-hybridized carbons (Fsp3) is 0.240. The van der Waals surface area contributed by atoms with Crippen LogP contribution in [0.15, 0.2) is 60.8 Å². The summed E-state index contributed by atoms with van der Waals surface area (Å²) in [6.07, 6.45) is 1.81. The number of para-hydroxylation sites is 1. The van der Waals surface area contributed by atoms with Crippen LogP contribution < -0.4 is 48.2 Å². The topological polar surface area (TPSA) is 71.8 Å². The highest BCUT2D eigenvalue weighted by molar-refractivity contribution is 6.06. The lowest BCUT2D eigenvalue weighted by atomic mass is 10.0. The Kier molecular flexibility index (Phi) is 7.57. The molecule has 1 N–H and O–H groups in total. The number of nitrogens with zero attached hydrogens (tertiary/aromatic N) is 2. The summed E-state index contributed by atoms with van der Waals surface area (Å²) >= 11 is 0. The number of benzene rings is 2. The number of carbonyl (C=O) groups is 2. The number of hydrogen-bond acceptors (Lipinski definition) is 4. The molecule has 0 aliphatic carbocycles. The molecular formula is C25H26IN3O4. The predicted octanol–water partition coefficient (Wildman–Crippen LogP) is 0.339. The largest absolute Gasteiger partial charge is 1.00 e. The van der Waals surface area contributed by atoms with Gasteiger partial charge in [-0.05, 0) is 37.1 Å². The van der Waals surface area contributed by atoms with Crippen LogP contribution in [0.4, 0.5) is 11.4 Å². The lowest BCUT2D eigenvalue weighted by Crippen LogP contribution is -3.00. The molecule has 1 atom stereocenters. The van der Waals surface area contributed by atoms with Crippen LogP contribution in [0.2, 0.25) is 0 Å². The first-order chi connectivity index (χ1) is 15.4. The molecular weight excluding hydrogens is 533 g/mol. The number of amides is 2. The Morgan fingerprint density at radius 1 is 1.03 bits per heavy atom. The Morgan fingerprint density at radius 3 is 2.42 bits per heavy atom. The first-order valence-corrected chi connectivity index (χ1v) is 10.3. The van der Waals surface area contributed by atoms with Crippen molar-refractivity contribution >= 4 is 23.2 Å². The van der Waals surface area contributed by atoms with Crippen molar-refractivity contribution in [2.24, 2.45) is 0 Å². The highest BCUT2D eigenvalue weighted by Gasteiger charge is 2.44. The lowest BCUT2D eigenvalue weighted by molar-refractivity contribution is -0.695. The maximum atomic E-state index is 13.7. The number of nitrogens with one attached hydrogen (secondary N) is 1. The van der Waals surface area contributed by atoms with Crippen molar-refractivity contribution in [3.63, 3.8) is 0 Å². The summed E-state index contributed by atoms with van der Waals surface area (Å²) in [7, 11) is 3.09. The normalized spacial score (nSPS) is 14.7. The second-order valence-corrected chi connectivity index (χ2v) is 7.71. The van der Waals surface area contributed by atoms with Gasteiger partial charge in [-0.2, -0.15) is 4.57 Å². The van der Waals surface area contributed by atoms with Gasteiger partial charge in [0, 0.05) is 23.9 Å². The van der Waals surface area contributed by atoms with E-state index in [4.69, 9.17) is 9.47 Å². The third-order valence-corrected chi connectivity index (χ3v) is 5.71. The van der Waals surface area contributed by atoms with E-state index in [1.54, 1.807) is 25.3 Å². The summed E-state index contributed by atoms with van der Waals surface area (Å²) in [6.45, 7) is 4.02. The van der Waals surface area contributed by atoms with Gasteiger partial charge in [-0.25, -0.2) is 0 Å². The zero-order valence-electron chi connectivity index (χ0n) is 19.0. The molecule has 0 fully saturated rings. The Bertz CT molecular complexity index is 1180. The minimum Gasteiger partial charge on any atom is -1.00 e. The molecule has 0 bridgehead atoms. The zero-order valence-corrected chi connectivity index (χ0v) is 21.1. The number of carbonyl (C=O) groups excluding carboxylic acids is 2. The fourth-order valence-electron chi connectivity index (χ4n) is 4.09. The van der Waals surface area contributed by atoms with Gasteiger partial charge in [0.05, 0.1) is 19.9 Å². The van der Waals surface area contributed by atoms with Gasteiger partial charge in [0.2, 0.25) is 18.3 Å². The van der Waals surface area contributed by atoms with Crippen LogP contribution in [0.1, 0.15) is 22.9 Å². The predicted molar refractivity (Wildman–Crippen MR) is 121 cm³/mol. The third kappa shape index (κ3) is 4.66. The second-order valence-electron chi connectivity index (χ2n) is 7.71. The summed E-state index contributed by atoms with van der Waals surface area (Å²) in [5, 5.41) is 3.06. The Morgan fingerprint density at radius 2 is 1.76 bits per heavy atom. The van der Waals surface area contributed by atoms with Crippen LogP contribution in [0.5, 0.6) is 11.5 Å². The summed E-state index contributed by atoms with van der Waals surface area (Å²) < 4.78 is 12.7. The molecule has 1 aromatic heterocycles. The molecule has 3 aromatic rings. The molecule has 2 heterocycles. The molecule has 8 heteroatoms. The number of methoxy groups -OCH3 is 2. The van der Waals surface area contributed by atoms with Crippen LogP contribution in [0.25, 0.3) is 0 Å². The molecule has 1 aliphatic heterocycles. The van der Waals surface area contributed by atoms with E-state index < -0.39 is 6.04 Å². The number of fused-ring (bicyclic) bond motifs is 1. The molecule has 4 rings (SSSR count). The number of aromatic nitrogens is 1. The number of anilines is 2. The summed E-state index contributed by atoms with van der Waals surface area (Å²) in [4.78, 5) is 28.5. The van der Waals surface area contributed by atoms with Crippen molar-refractivity contribution < 1.29 is 47.6 Å². The molecule has 2 aromatic carbocycles. The van der Waals surface area contributed by atoms with E-state index in [2.05, 4.69) is 5.32 Å². The van der Waals surface area contributed by atoms with Crippen molar-refractivity contribution in [3.05, 3.63) is 77.6 Å². The lowest BCUT2D eigenvalue weighted by Gasteiger charge is -2.33. The van der Waals surface area contributed by atoms with Crippen LogP contribution in [-0.4, -0.2) is 26.0 Å². The highest BCUT2D eigenvalue weighted by atomic mass is 127. The van der Waals surface area contributed by atoms with Crippen molar-refractivity contribution in [2.45, 2.75) is 26.4 Å².